The van der Waals surface area contributed by atoms with Gasteiger partial charge < -0.3 is 16.2 Å². The molecule has 4 nitrogen and oxygen atoms in total. The van der Waals surface area contributed by atoms with Gasteiger partial charge in [-0.1, -0.05) is 0 Å². The summed E-state index contributed by atoms with van der Waals surface area (Å²) in [5.74, 6) is -0.444. The van der Waals surface area contributed by atoms with Gasteiger partial charge in [-0.05, 0) is 74.9 Å². The lowest BCUT2D eigenvalue weighted by atomic mass is 10.2. The van der Waals surface area contributed by atoms with Crippen molar-refractivity contribution in [2.75, 3.05) is 11.1 Å². The molecule has 2 aromatic rings. The highest BCUT2D eigenvalue weighted by Crippen LogP contribution is 2.27. The zero-order chi connectivity index (χ0) is 14.0. The molecule has 0 unspecified atom stereocenters. The molecule has 0 radical (unpaired) electrons. The van der Waals surface area contributed by atoms with Crippen LogP contribution >= 0.6 is 38.5 Å². The fourth-order valence-corrected chi connectivity index (χ4v) is 2.36. The van der Waals surface area contributed by atoms with Gasteiger partial charge in [0, 0.05) is 13.7 Å². The molecule has 1 amide bonds. The minimum Gasteiger partial charge on any atom is -0.507 e. The molecule has 4 N–H and O–H groups in total. The lowest BCUT2D eigenvalue weighted by Crippen LogP contribution is -2.13. The van der Waals surface area contributed by atoms with Gasteiger partial charge in [-0.2, -0.15) is 0 Å². The minimum atomic E-state index is -0.387. The molecule has 0 saturated carbocycles. The van der Waals surface area contributed by atoms with Gasteiger partial charge in [-0.3, -0.25) is 4.79 Å². The number of amides is 1. The highest BCUT2D eigenvalue weighted by Gasteiger charge is 2.13. The van der Waals surface area contributed by atoms with E-state index in [1.807, 2.05) is 0 Å². The number of nitrogen functional groups attached to an aromatic ring is 1. The molecular formula is C13H10BrIN2O2. The second kappa shape index (κ2) is 5.79. The molecule has 0 aromatic heterocycles. The number of rotatable bonds is 2. The van der Waals surface area contributed by atoms with E-state index in [2.05, 4.69) is 43.8 Å². The first kappa shape index (κ1) is 14.1. The van der Waals surface area contributed by atoms with Crippen LogP contribution in [0.3, 0.4) is 0 Å². The number of carbonyl (C=O) groups excluding carboxylic acids is 1. The van der Waals surface area contributed by atoms with E-state index in [-0.39, 0.29) is 17.2 Å². The summed E-state index contributed by atoms with van der Waals surface area (Å²) in [6.07, 6.45) is 0. The third-order valence-electron chi connectivity index (χ3n) is 2.44. The van der Waals surface area contributed by atoms with Gasteiger partial charge in [0.15, 0.2) is 0 Å². The first-order valence-electron chi connectivity index (χ1n) is 5.32. The molecule has 2 aromatic carbocycles. The van der Waals surface area contributed by atoms with Crippen LogP contribution in [-0.4, -0.2) is 11.0 Å². The van der Waals surface area contributed by atoms with Crippen LogP contribution < -0.4 is 11.1 Å². The van der Waals surface area contributed by atoms with Crippen LogP contribution in [0.2, 0.25) is 0 Å². The van der Waals surface area contributed by atoms with Crippen molar-refractivity contribution in [2.45, 2.75) is 0 Å². The number of hydrogen-bond acceptors (Lipinski definition) is 3. The first-order valence-corrected chi connectivity index (χ1v) is 7.19. The summed E-state index contributed by atoms with van der Waals surface area (Å²) in [4.78, 5) is 12.1. The van der Waals surface area contributed by atoms with Crippen molar-refractivity contribution in [1.29, 1.82) is 0 Å². The Morgan fingerprint density at radius 2 is 2.00 bits per heavy atom. The third kappa shape index (κ3) is 3.38. The molecule has 0 aliphatic heterocycles. The molecule has 98 valence electrons. The highest BCUT2D eigenvalue weighted by atomic mass is 127. The molecule has 19 heavy (non-hydrogen) atoms. The molecule has 6 heteroatoms. The number of aromatic hydroxyl groups is 1. The van der Waals surface area contributed by atoms with E-state index in [0.29, 0.717) is 11.4 Å². The molecule has 0 aliphatic carbocycles. The molecule has 0 aliphatic rings. The Labute approximate surface area is 132 Å². The molecule has 0 saturated heterocycles. The van der Waals surface area contributed by atoms with E-state index in [1.165, 1.54) is 6.07 Å². The van der Waals surface area contributed by atoms with E-state index in [4.69, 9.17) is 5.73 Å². The van der Waals surface area contributed by atoms with Crippen LogP contribution in [0.4, 0.5) is 11.4 Å². The smallest absolute Gasteiger partial charge is 0.259 e. The Balaban J connectivity index is 2.30. The van der Waals surface area contributed by atoms with Crippen LogP contribution in [0.25, 0.3) is 0 Å². The number of anilines is 2. The van der Waals surface area contributed by atoms with Crippen molar-refractivity contribution in [1.82, 2.24) is 0 Å². The monoisotopic (exact) mass is 432 g/mol. The predicted molar refractivity (Wildman–Crippen MR) is 87.3 cm³/mol. The highest BCUT2D eigenvalue weighted by molar-refractivity contribution is 14.1. The van der Waals surface area contributed by atoms with Crippen LogP contribution in [0.5, 0.6) is 5.75 Å². The summed E-state index contributed by atoms with van der Waals surface area (Å²) >= 11 is 5.41. The van der Waals surface area contributed by atoms with Gasteiger partial charge in [0.05, 0.1) is 11.3 Å². The maximum Gasteiger partial charge on any atom is 0.259 e. The van der Waals surface area contributed by atoms with Crippen molar-refractivity contribution in [3.63, 3.8) is 0 Å². The van der Waals surface area contributed by atoms with Gasteiger partial charge >= 0.3 is 0 Å². The Kier molecular flexibility index (Phi) is 4.31. The zero-order valence-corrected chi connectivity index (χ0v) is 13.4. The average Bonchev–Trinajstić information content (AvgIpc) is 2.36. The van der Waals surface area contributed by atoms with Crippen molar-refractivity contribution in [3.8, 4) is 5.75 Å². The lowest BCUT2D eigenvalue weighted by molar-refractivity contribution is 0.102. The number of hydrogen-bond donors (Lipinski definition) is 3. The largest absolute Gasteiger partial charge is 0.507 e. The number of phenolic OH excluding ortho intramolecular Hbond substituents is 1. The third-order valence-corrected chi connectivity index (χ3v) is 3.80. The number of halogens is 2. The van der Waals surface area contributed by atoms with E-state index in [0.717, 1.165) is 8.04 Å². The van der Waals surface area contributed by atoms with Crippen LogP contribution in [0.1, 0.15) is 10.4 Å². The van der Waals surface area contributed by atoms with Crippen molar-refractivity contribution in [2.24, 2.45) is 0 Å². The van der Waals surface area contributed by atoms with Crippen LogP contribution in [-0.2, 0) is 0 Å². The molecule has 0 bridgehead atoms. The average molecular weight is 433 g/mol. The molecular weight excluding hydrogens is 423 g/mol. The van der Waals surface area contributed by atoms with Gasteiger partial charge in [0.25, 0.3) is 5.91 Å². The van der Waals surface area contributed by atoms with Crippen LogP contribution in [0.15, 0.2) is 40.9 Å². The number of benzene rings is 2. The summed E-state index contributed by atoms with van der Waals surface area (Å²) in [5, 5.41) is 12.4. The van der Waals surface area contributed by atoms with Gasteiger partial charge in [-0.15, -0.1) is 0 Å². The number of phenols is 1. The minimum absolute atomic E-state index is 0.0575. The lowest BCUT2D eigenvalue weighted by Gasteiger charge is -2.09. The fraction of sp³-hybridized carbons (Fsp3) is 0. The molecule has 0 fully saturated rings. The second-order valence-corrected chi connectivity index (χ2v) is 5.95. The summed E-state index contributed by atoms with van der Waals surface area (Å²) in [6, 6.07) is 9.95. The predicted octanol–water partition coefficient (Wildman–Crippen LogP) is 3.59. The normalized spacial score (nSPS) is 10.2. The number of nitrogens with one attached hydrogen (secondary N) is 1. The molecule has 0 atom stereocenters. The fourth-order valence-electron chi connectivity index (χ4n) is 1.52. The van der Waals surface area contributed by atoms with Gasteiger partial charge in [0.2, 0.25) is 0 Å². The molecule has 2 rings (SSSR count). The van der Waals surface area contributed by atoms with Gasteiger partial charge in [0.1, 0.15) is 5.75 Å². The standard InChI is InChI=1S/C13H10BrIN2O2/c14-10-3-2-8(16)6-11(10)17-13(19)9-5-7(15)1-4-12(9)18/h1-6,18H,16H2,(H,17,19). The topological polar surface area (TPSA) is 75.3 Å². The van der Waals surface area contributed by atoms with E-state index < -0.39 is 0 Å². The first-order chi connectivity index (χ1) is 8.97. The van der Waals surface area contributed by atoms with E-state index in [1.54, 1.807) is 30.3 Å². The van der Waals surface area contributed by atoms with Gasteiger partial charge in [-0.25, -0.2) is 0 Å². The van der Waals surface area contributed by atoms with Crippen LogP contribution in [0, 0.1) is 3.57 Å². The maximum atomic E-state index is 12.1. The van der Waals surface area contributed by atoms with Crippen molar-refractivity contribution in [3.05, 3.63) is 50.0 Å². The molecule has 0 heterocycles. The maximum absolute atomic E-state index is 12.1. The summed E-state index contributed by atoms with van der Waals surface area (Å²) in [7, 11) is 0. The number of nitrogens with two attached hydrogens (primary N) is 1. The quantitative estimate of drug-likeness (QED) is 0.501. The van der Waals surface area contributed by atoms with E-state index in [9.17, 15) is 9.90 Å². The Hall–Kier alpha value is -1.28. The van der Waals surface area contributed by atoms with E-state index >= 15 is 0 Å². The molecule has 0 spiro atoms. The summed E-state index contributed by atoms with van der Waals surface area (Å²) in [5.41, 5.74) is 7.00. The summed E-state index contributed by atoms with van der Waals surface area (Å²) < 4.78 is 1.59. The zero-order valence-electron chi connectivity index (χ0n) is 9.65. The second-order valence-electron chi connectivity index (χ2n) is 3.85. The number of carbonyl (C=O) groups is 1. The summed E-state index contributed by atoms with van der Waals surface area (Å²) in [6.45, 7) is 0. The van der Waals surface area contributed by atoms with Crippen molar-refractivity contribution >= 4 is 55.8 Å². The SMILES string of the molecule is Nc1ccc(Br)c(NC(=O)c2cc(I)ccc2O)c1. The Bertz CT molecular complexity index is 647. The Morgan fingerprint density at radius 3 is 2.74 bits per heavy atom. The Morgan fingerprint density at radius 1 is 1.26 bits per heavy atom. The van der Waals surface area contributed by atoms with Crippen molar-refractivity contribution < 1.29 is 9.90 Å².